The van der Waals surface area contributed by atoms with E-state index in [1.165, 1.54) is 0 Å². The van der Waals surface area contributed by atoms with Gasteiger partial charge in [-0.25, -0.2) is 0 Å². The fourth-order valence-electron chi connectivity index (χ4n) is 2.05. The van der Waals surface area contributed by atoms with Crippen LogP contribution in [-0.2, 0) is 4.74 Å². The van der Waals surface area contributed by atoms with Crippen molar-refractivity contribution in [2.24, 2.45) is 17.3 Å². The van der Waals surface area contributed by atoms with Gasteiger partial charge in [-0.2, -0.15) is 0 Å². The maximum atomic E-state index is 9.27. The SMILES string of the molecule is C=C[C@H]1CO[C@H](C(C)(C)C)[C@H]1CO. The Bertz CT molecular complexity index is 181. The van der Waals surface area contributed by atoms with E-state index in [1.54, 1.807) is 0 Å². The molecule has 0 aromatic carbocycles. The van der Waals surface area contributed by atoms with Crippen LogP contribution in [0.2, 0.25) is 0 Å². The molecular formula is C11H20O2. The summed E-state index contributed by atoms with van der Waals surface area (Å²) in [5.41, 5.74) is 0.102. The largest absolute Gasteiger partial charge is 0.396 e. The molecule has 1 N–H and O–H groups in total. The second-order valence-corrected chi connectivity index (χ2v) is 4.87. The molecule has 0 spiro atoms. The zero-order valence-electron chi connectivity index (χ0n) is 8.79. The van der Waals surface area contributed by atoms with Gasteiger partial charge in [0.1, 0.15) is 0 Å². The van der Waals surface area contributed by atoms with Gasteiger partial charge in [0, 0.05) is 18.4 Å². The Labute approximate surface area is 80.6 Å². The van der Waals surface area contributed by atoms with E-state index in [9.17, 15) is 5.11 Å². The molecule has 0 aliphatic carbocycles. The Morgan fingerprint density at radius 1 is 1.54 bits per heavy atom. The first-order chi connectivity index (χ1) is 6.00. The minimum Gasteiger partial charge on any atom is -0.396 e. The minimum absolute atomic E-state index is 0.102. The number of rotatable bonds is 2. The standard InChI is InChI=1S/C11H20O2/c1-5-8-7-13-10(9(8)6-12)11(2,3)4/h5,8-10,12H,1,6-7H2,2-4H3/t8-,9-,10-/m0/s1. The zero-order chi connectivity index (χ0) is 10.1. The van der Waals surface area contributed by atoms with Crippen LogP contribution in [0.5, 0.6) is 0 Å². The molecule has 1 heterocycles. The summed E-state index contributed by atoms with van der Waals surface area (Å²) in [5, 5.41) is 9.27. The van der Waals surface area contributed by atoms with Crippen molar-refractivity contribution in [3.8, 4) is 0 Å². The van der Waals surface area contributed by atoms with E-state index in [-0.39, 0.29) is 24.0 Å². The van der Waals surface area contributed by atoms with Crippen LogP contribution >= 0.6 is 0 Å². The van der Waals surface area contributed by atoms with Gasteiger partial charge in [-0.15, -0.1) is 6.58 Å². The van der Waals surface area contributed by atoms with Crippen molar-refractivity contribution in [3.63, 3.8) is 0 Å². The molecule has 0 radical (unpaired) electrons. The summed E-state index contributed by atoms with van der Waals surface area (Å²) in [6, 6.07) is 0. The number of aliphatic hydroxyl groups excluding tert-OH is 1. The second-order valence-electron chi connectivity index (χ2n) is 4.87. The van der Waals surface area contributed by atoms with Crippen LogP contribution in [-0.4, -0.2) is 24.4 Å². The monoisotopic (exact) mass is 184 g/mol. The van der Waals surface area contributed by atoms with Crippen LogP contribution in [0, 0.1) is 17.3 Å². The van der Waals surface area contributed by atoms with Crippen LogP contribution < -0.4 is 0 Å². The molecular weight excluding hydrogens is 164 g/mol. The summed E-state index contributed by atoms with van der Waals surface area (Å²) in [6.07, 6.45) is 2.05. The number of hydrogen-bond donors (Lipinski definition) is 1. The smallest absolute Gasteiger partial charge is 0.0680 e. The van der Waals surface area contributed by atoms with Gasteiger partial charge in [0.25, 0.3) is 0 Å². The average molecular weight is 184 g/mol. The van der Waals surface area contributed by atoms with Gasteiger partial charge in [-0.1, -0.05) is 26.8 Å². The highest BCUT2D eigenvalue weighted by Gasteiger charge is 2.41. The van der Waals surface area contributed by atoms with E-state index in [0.29, 0.717) is 12.5 Å². The maximum Gasteiger partial charge on any atom is 0.0680 e. The van der Waals surface area contributed by atoms with E-state index in [4.69, 9.17) is 4.74 Å². The predicted molar refractivity (Wildman–Crippen MR) is 53.5 cm³/mol. The maximum absolute atomic E-state index is 9.27. The van der Waals surface area contributed by atoms with Gasteiger partial charge in [0.2, 0.25) is 0 Å². The molecule has 1 saturated heterocycles. The van der Waals surface area contributed by atoms with E-state index in [1.807, 2.05) is 6.08 Å². The lowest BCUT2D eigenvalue weighted by Crippen LogP contribution is -2.34. The van der Waals surface area contributed by atoms with Gasteiger partial charge in [-0.3, -0.25) is 0 Å². The molecule has 1 aliphatic rings. The number of ether oxygens (including phenoxy) is 1. The Kier molecular flexibility index (Phi) is 3.14. The molecule has 3 atom stereocenters. The normalized spacial score (nSPS) is 34.9. The molecule has 2 nitrogen and oxygen atoms in total. The molecule has 1 fully saturated rings. The van der Waals surface area contributed by atoms with E-state index in [0.717, 1.165) is 0 Å². The Balaban J connectivity index is 2.73. The van der Waals surface area contributed by atoms with Gasteiger partial charge in [0.15, 0.2) is 0 Å². The third kappa shape index (κ3) is 2.12. The fourth-order valence-corrected chi connectivity index (χ4v) is 2.05. The molecule has 2 heteroatoms. The van der Waals surface area contributed by atoms with Crippen LogP contribution in [0.4, 0.5) is 0 Å². The molecule has 0 saturated carbocycles. The van der Waals surface area contributed by atoms with E-state index >= 15 is 0 Å². The summed E-state index contributed by atoms with van der Waals surface area (Å²) in [5.74, 6) is 0.534. The lowest BCUT2D eigenvalue weighted by Gasteiger charge is -2.31. The minimum atomic E-state index is 0.102. The van der Waals surface area contributed by atoms with Crippen molar-refractivity contribution in [2.75, 3.05) is 13.2 Å². The summed E-state index contributed by atoms with van der Waals surface area (Å²) < 4.78 is 5.69. The molecule has 0 unspecified atom stereocenters. The van der Waals surface area contributed by atoms with E-state index in [2.05, 4.69) is 27.4 Å². The zero-order valence-corrected chi connectivity index (χ0v) is 8.79. The van der Waals surface area contributed by atoms with Crippen molar-refractivity contribution in [3.05, 3.63) is 12.7 Å². The fraction of sp³-hybridized carbons (Fsp3) is 0.818. The third-order valence-electron chi connectivity index (χ3n) is 2.77. The van der Waals surface area contributed by atoms with Crippen molar-refractivity contribution < 1.29 is 9.84 Å². The van der Waals surface area contributed by atoms with Crippen LogP contribution in [0.3, 0.4) is 0 Å². The number of hydrogen-bond acceptors (Lipinski definition) is 2. The van der Waals surface area contributed by atoms with Gasteiger partial charge < -0.3 is 9.84 Å². The molecule has 76 valence electrons. The first-order valence-electron chi connectivity index (χ1n) is 4.85. The lowest BCUT2D eigenvalue weighted by atomic mass is 9.78. The highest BCUT2D eigenvalue weighted by atomic mass is 16.5. The average Bonchev–Trinajstić information content (AvgIpc) is 2.45. The highest BCUT2D eigenvalue weighted by Crippen LogP contribution is 2.37. The Morgan fingerprint density at radius 2 is 2.15 bits per heavy atom. The van der Waals surface area contributed by atoms with Gasteiger partial charge >= 0.3 is 0 Å². The van der Waals surface area contributed by atoms with Crippen LogP contribution in [0.25, 0.3) is 0 Å². The molecule has 1 aliphatic heterocycles. The van der Waals surface area contributed by atoms with Crippen molar-refractivity contribution in [1.82, 2.24) is 0 Å². The summed E-state index contributed by atoms with van der Waals surface area (Å²) in [7, 11) is 0. The first-order valence-corrected chi connectivity index (χ1v) is 4.85. The van der Waals surface area contributed by atoms with Crippen molar-refractivity contribution in [1.29, 1.82) is 0 Å². The van der Waals surface area contributed by atoms with Crippen molar-refractivity contribution in [2.45, 2.75) is 26.9 Å². The Morgan fingerprint density at radius 3 is 2.54 bits per heavy atom. The summed E-state index contributed by atoms with van der Waals surface area (Å²) >= 11 is 0. The van der Waals surface area contributed by atoms with Crippen molar-refractivity contribution >= 4 is 0 Å². The van der Waals surface area contributed by atoms with Gasteiger partial charge in [-0.05, 0) is 5.41 Å². The number of aliphatic hydroxyl groups is 1. The van der Waals surface area contributed by atoms with Crippen LogP contribution in [0.15, 0.2) is 12.7 Å². The first kappa shape index (κ1) is 10.7. The van der Waals surface area contributed by atoms with Crippen LogP contribution in [0.1, 0.15) is 20.8 Å². The highest BCUT2D eigenvalue weighted by molar-refractivity contribution is 4.96. The lowest BCUT2D eigenvalue weighted by molar-refractivity contribution is -0.00509. The predicted octanol–water partition coefficient (Wildman–Crippen LogP) is 1.84. The van der Waals surface area contributed by atoms with E-state index < -0.39 is 0 Å². The topological polar surface area (TPSA) is 29.5 Å². The summed E-state index contributed by atoms with van der Waals surface area (Å²) in [4.78, 5) is 0. The second kappa shape index (κ2) is 3.81. The molecule has 13 heavy (non-hydrogen) atoms. The molecule has 1 rings (SSSR count). The Hall–Kier alpha value is -0.340. The molecule has 0 bridgehead atoms. The summed E-state index contributed by atoms with van der Waals surface area (Å²) in [6.45, 7) is 11.1. The third-order valence-corrected chi connectivity index (χ3v) is 2.77. The molecule has 0 aromatic rings. The quantitative estimate of drug-likeness (QED) is 0.664. The molecule has 0 amide bonds. The van der Waals surface area contributed by atoms with Gasteiger partial charge in [0.05, 0.1) is 12.7 Å². The molecule has 0 aromatic heterocycles.